The van der Waals surface area contributed by atoms with Crippen LogP contribution in [-0.4, -0.2) is 35.5 Å². The Bertz CT molecular complexity index is 498. The summed E-state index contributed by atoms with van der Waals surface area (Å²) in [5.74, 6) is 1.07. The molecule has 0 bridgehead atoms. The molecule has 1 fully saturated rings. The zero-order chi connectivity index (χ0) is 14.1. The van der Waals surface area contributed by atoms with E-state index in [0.717, 1.165) is 18.1 Å². The Morgan fingerprint density at radius 3 is 2.75 bits per heavy atom. The molecule has 108 valence electrons. The third kappa shape index (κ3) is 2.25. The highest BCUT2D eigenvalue weighted by atomic mass is 16.2. The third-order valence-corrected chi connectivity index (χ3v) is 4.54. The molecular weight excluding hydrogens is 252 g/mol. The summed E-state index contributed by atoms with van der Waals surface area (Å²) in [4.78, 5) is 25.0. The molecule has 0 aromatic carbocycles. The van der Waals surface area contributed by atoms with Gasteiger partial charge in [-0.15, -0.1) is 0 Å². The molecule has 1 atom stereocenters. The molecule has 0 spiro atoms. The van der Waals surface area contributed by atoms with Crippen LogP contribution < -0.4 is 9.80 Å². The van der Waals surface area contributed by atoms with Crippen LogP contribution in [-0.2, 0) is 4.79 Å². The van der Waals surface area contributed by atoms with E-state index in [1.807, 2.05) is 14.0 Å². The van der Waals surface area contributed by atoms with Crippen molar-refractivity contribution in [1.29, 1.82) is 0 Å². The van der Waals surface area contributed by atoms with Crippen LogP contribution >= 0.6 is 0 Å². The predicted molar refractivity (Wildman–Crippen MR) is 78.8 cm³/mol. The van der Waals surface area contributed by atoms with Crippen molar-refractivity contribution in [2.75, 3.05) is 23.4 Å². The van der Waals surface area contributed by atoms with E-state index in [2.05, 4.69) is 14.9 Å². The van der Waals surface area contributed by atoms with Crippen molar-refractivity contribution in [3.63, 3.8) is 0 Å². The van der Waals surface area contributed by atoms with E-state index in [0.29, 0.717) is 6.04 Å². The van der Waals surface area contributed by atoms with Gasteiger partial charge >= 0.3 is 0 Å². The molecule has 0 N–H and O–H groups in total. The normalized spacial score (nSPS) is 24.5. The fourth-order valence-corrected chi connectivity index (χ4v) is 3.40. The minimum absolute atomic E-state index is 0.00359. The molecule has 1 aliphatic carbocycles. The molecule has 1 aromatic heterocycles. The average Bonchev–Trinajstić information content (AvgIpc) is 2.60. The number of hydrogen-bond acceptors (Lipinski definition) is 4. The first-order valence-corrected chi connectivity index (χ1v) is 7.52. The Morgan fingerprint density at radius 2 is 2.00 bits per heavy atom. The van der Waals surface area contributed by atoms with Crippen LogP contribution in [0.25, 0.3) is 0 Å². The molecule has 1 unspecified atom stereocenters. The van der Waals surface area contributed by atoms with Crippen LogP contribution in [0.15, 0.2) is 12.5 Å². The Balaban J connectivity index is 2.00. The highest BCUT2D eigenvalue weighted by Gasteiger charge is 2.33. The summed E-state index contributed by atoms with van der Waals surface area (Å²) < 4.78 is 0. The van der Waals surface area contributed by atoms with E-state index in [-0.39, 0.29) is 11.8 Å². The standard InChI is InChI=1S/C15H22N4O/c1-11-9-19(12-6-4-3-5-7-12)14-13(8-16-10-17-14)18(2)15(11)20/h8,10-12H,3-7,9H2,1-2H3. The minimum Gasteiger partial charge on any atom is -0.351 e. The smallest absolute Gasteiger partial charge is 0.231 e. The molecule has 2 heterocycles. The largest absolute Gasteiger partial charge is 0.351 e. The van der Waals surface area contributed by atoms with Crippen molar-refractivity contribution in [3.8, 4) is 0 Å². The fraction of sp³-hybridized carbons (Fsp3) is 0.667. The summed E-state index contributed by atoms with van der Waals surface area (Å²) in [6.07, 6.45) is 9.63. The number of aromatic nitrogens is 2. The van der Waals surface area contributed by atoms with Gasteiger partial charge in [-0.2, -0.15) is 0 Å². The number of rotatable bonds is 1. The molecule has 1 amide bonds. The summed E-state index contributed by atoms with van der Waals surface area (Å²) in [7, 11) is 1.82. The van der Waals surface area contributed by atoms with Gasteiger partial charge in [-0.3, -0.25) is 4.79 Å². The van der Waals surface area contributed by atoms with E-state index < -0.39 is 0 Å². The van der Waals surface area contributed by atoms with Gasteiger partial charge in [0.1, 0.15) is 12.0 Å². The van der Waals surface area contributed by atoms with Gasteiger partial charge in [0.2, 0.25) is 5.91 Å². The highest BCUT2D eigenvalue weighted by molar-refractivity contribution is 5.98. The van der Waals surface area contributed by atoms with Gasteiger partial charge in [0.25, 0.3) is 0 Å². The van der Waals surface area contributed by atoms with Crippen molar-refractivity contribution in [2.45, 2.75) is 45.1 Å². The summed E-state index contributed by atoms with van der Waals surface area (Å²) >= 11 is 0. The second-order valence-corrected chi connectivity index (χ2v) is 5.97. The zero-order valence-electron chi connectivity index (χ0n) is 12.2. The van der Waals surface area contributed by atoms with Gasteiger partial charge in [-0.25, -0.2) is 9.97 Å². The number of nitrogens with zero attached hydrogens (tertiary/aromatic N) is 4. The monoisotopic (exact) mass is 274 g/mol. The van der Waals surface area contributed by atoms with Crippen LogP contribution in [0.1, 0.15) is 39.0 Å². The first-order chi connectivity index (χ1) is 9.68. The molecule has 5 nitrogen and oxygen atoms in total. The van der Waals surface area contributed by atoms with Gasteiger partial charge in [-0.1, -0.05) is 26.2 Å². The molecule has 1 saturated carbocycles. The molecule has 1 aromatic rings. The van der Waals surface area contributed by atoms with E-state index >= 15 is 0 Å². The highest BCUT2D eigenvalue weighted by Crippen LogP contribution is 2.35. The Hall–Kier alpha value is -1.65. The topological polar surface area (TPSA) is 49.3 Å². The second kappa shape index (κ2) is 5.38. The van der Waals surface area contributed by atoms with Crippen molar-refractivity contribution in [2.24, 2.45) is 5.92 Å². The summed E-state index contributed by atoms with van der Waals surface area (Å²) in [6, 6.07) is 0.513. The Labute approximate surface area is 120 Å². The number of hydrogen-bond donors (Lipinski definition) is 0. The van der Waals surface area contributed by atoms with Crippen LogP contribution in [0, 0.1) is 5.92 Å². The Morgan fingerprint density at radius 1 is 1.25 bits per heavy atom. The molecule has 2 aliphatic rings. The van der Waals surface area contributed by atoms with E-state index in [4.69, 9.17) is 0 Å². The zero-order valence-corrected chi connectivity index (χ0v) is 12.2. The first-order valence-electron chi connectivity index (χ1n) is 7.52. The lowest BCUT2D eigenvalue weighted by Gasteiger charge is -2.35. The summed E-state index contributed by atoms with van der Waals surface area (Å²) in [6.45, 7) is 2.77. The van der Waals surface area contributed by atoms with Gasteiger partial charge < -0.3 is 9.80 Å². The van der Waals surface area contributed by atoms with Gasteiger partial charge in [0.15, 0.2) is 5.82 Å². The van der Waals surface area contributed by atoms with Gasteiger partial charge in [0, 0.05) is 19.6 Å². The number of amides is 1. The van der Waals surface area contributed by atoms with Crippen molar-refractivity contribution in [1.82, 2.24) is 9.97 Å². The lowest BCUT2D eigenvalue weighted by Crippen LogP contribution is -2.41. The maximum atomic E-state index is 12.4. The number of fused-ring (bicyclic) bond motifs is 1. The van der Waals surface area contributed by atoms with Crippen LogP contribution in [0.4, 0.5) is 11.5 Å². The van der Waals surface area contributed by atoms with Gasteiger partial charge in [0.05, 0.1) is 12.1 Å². The maximum absolute atomic E-state index is 12.4. The minimum atomic E-state index is -0.00359. The van der Waals surface area contributed by atoms with E-state index in [1.54, 1.807) is 17.4 Å². The SMILES string of the molecule is CC1CN(C2CCCCC2)c2ncncc2N(C)C1=O. The number of anilines is 2. The second-order valence-electron chi connectivity index (χ2n) is 5.97. The van der Waals surface area contributed by atoms with Crippen LogP contribution in [0.2, 0.25) is 0 Å². The Kier molecular flexibility index (Phi) is 3.59. The van der Waals surface area contributed by atoms with E-state index in [1.165, 1.54) is 32.1 Å². The van der Waals surface area contributed by atoms with Crippen molar-refractivity contribution in [3.05, 3.63) is 12.5 Å². The molecule has 1 aliphatic heterocycles. The summed E-state index contributed by atoms with van der Waals surface area (Å²) in [5, 5.41) is 0. The lowest BCUT2D eigenvalue weighted by molar-refractivity contribution is -0.121. The molecule has 0 saturated heterocycles. The van der Waals surface area contributed by atoms with E-state index in [9.17, 15) is 4.79 Å². The number of carbonyl (C=O) groups excluding carboxylic acids is 1. The predicted octanol–water partition coefficient (Wildman–Crippen LogP) is 2.23. The average molecular weight is 274 g/mol. The quantitative estimate of drug-likeness (QED) is 0.788. The molecule has 3 rings (SSSR count). The lowest BCUT2D eigenvalue weighted by atomic mass is 9.93. The molecular formula is C15H22N4O. The van der Waals surface area contributed by atoms with Crippen LogP contribution in [0.5, 0.6) is 0 Å². The van der Waals surface area contributed by atoms with Crippen LogP contribution in [0.3, 0.4) is 0 Å². The molecule has 5 heteroatoms. The van der Waals surface area contributed by atoms with Gasteiger partial charge in [-0.05, 0) is 12.8 Å². The summed E-state index contributed by atoms with van der Waals surface area (Å²) in [5.41, 5.74) is 0.840. The van der Waals surface area contributed by atoms with Crippen molar-refractivity contribution < 1.29 is 4.79 Å². The fourth-order valence-electron chi connectivity index (χ4n) is 3.40. The first kappa shape index (κ1) is 13.3. The molecule has 0 radical (unpaired) electrons. The third-order valence-electron chi connectivity index (χ3n) is 4.54. The maximum Gasteiger partial charge on any atom is 0.231 e. The van der Waals surface area contributed by atoms with Crippen molar-refractivity contribution >= 4 is 17.4 Å². The number of carbonyl (C=O) groups is 1. The molecule has 20 heavy (non-hydrogen) atoms.